The molecule has 0 aliphatic heterocycles. The third-order valence-electron chi connectivity index (χ3n) is 1.89. The Morgan fingerprint density at radius 1 is 1.58 bits per heavy atom. The van der Waals surface area contributed by atoms with Crippen LogP contribution in [0.3, 0.4) is 0 Å². The molecule has 1 rings (SSSR count). The predicted octanol–water partition coefficient (Wildman–Crippen LogP) is 2.66. The van der Waals surface area contributed by atoms with Crippen molar-refractivity contribution in [1.82, 2.24) is 0 Å². The molecule has 0 amide bonds. The van der Waals surface area contributed by atoms with E-state index in [1.165, 1.54) is 4.44 Å². The van der Waals surface area contributed by atoms with E-state index in [2.05, 4.69) is 9.88 Å². The Morgan fingerprint density at radius 3 is 2.83 bits per heavy atom. The van der Waals surface area contributed by atoms with Gasteiger partial charge in [0.25, 0.3) is 0 Å². The second-order valence-corrected chi connectivity index (χ2v) is 14.1. The molecule has 1 N–H and O–H groups in total. The minimum absolute atomic E-state index is 0.191. The van der Waals surface area contributed by atoms with Crippen molar-refractivity contribution < 1.29 is 5.11 Å². The van der Waals surface area contributed by atoms with Crippen molar-refractivity contribution in [2.24, 2.45) is 0 Å². The Hall–Kier alpha value is 0.459. The number of rotatable bonds is 4. The molecule has 1 atom stereocenters. The fraction of sp³-hybridized carbons (Fsp3) is 0.556. The zero-order chi connectivity index (χ0) is 8.97. The van der Waals surface area contributed by atoms with E-state index < -0.39 is 19.8 Å². The minimum atomic E-state index is -1.08. The Kier molecular flexibility index (Phi) is 4.61. The maximum absolute atomic E-state index is 9.70. The SMILES string of the molecule is [CH3][SnH]([CH3])[CH2]C[C@@H](O)c1cccs1. The molecule has 0 fully saturated rings. The summed E-state index contributed by atoms with van der Waals surface area (Å²) in [5, 5.41) is 11.7. The fourth-order valence-corrected chi connectivity index (χ4v) is 4.66. The molecular formula is C9H16OSSn. The number of aliphatic hydroxyl groups excluding tert-OH is 1. The molecule has 3 heteroatoms. The number of thiophene rings is 1. The first kappa shape index (κ1) is 10.5. The average Bonchev–Trinajstić information content (AvgIpc) is 2.51. The van der Waals surface area contributed by atoms with Crippen LogP contribution in [0.5, 0.6) is 0 Å². The second-order valence-electron chi connectivity index (χ2n) is 3.50. The van der Waals surface area contributed by atoms with Gasteiger partial charge < -0.3 is 0 Å². The monoisotopic (exact) mass is 292 g/mol. The molecule has 0 bridgehead atoms. The summed E-state index contributed by atoms with van der Waals surface area (Å²) >= 11 is 0.572. The molecule has 12 heavy (non-hydrogen) atoms. The van der Waals surface area contributed by atoms with Crippen molar-refractivity contribution in [3.05, 3.63) is 22.4 Å². The van der Waals surface area contributed by atoms with Crippen LogP contribution in [0.15, 0.2) is 17.5 Å². The van der Waals surface area contributed by atoms with Crippen molar-refractivity contribution in [2.45, 2.75) is 26.8 Å². The normalized spacial score (nSPS) is 13.7. The van der Waals surface area contributed by atoms with Crippen molar-refractivity contribution in [3.63, 3.8) is 0 Å². The summed E-state index contributed by atoms with van der Waals surface area (Å²) in [5.41, 5.74) is 0. The number of hydrogen-bond donors (Lipinski definition) is 1. The van der Waals surface area contributed by atoms with E-state index in [0.717, 1.165) is 11.3 Å². The Balaban J connectivity index is 2.34. The van der Waals surface area contributed by atoms with Gasteiger partial charge in [0, 0.05) is 0 Å². The summed E-state index contributed by atoms with van der Waals surface area (Å²) in [6, 6.07) is 4.02. The molecule has 0 saturated heterocycles. The van der Waals surface area contributed by atoms with Crippen LogP contribution < -0.4 is 0 Å². The predicted molar refractivity (Wildman–Crippen MR) is 57.6 cm³/mol. The average molecular weight is 291 g/mol. The zero-order valence-electron chi connectivity index (χ0n) is 7.66. The van der Waals surface area contributed by atoms with Gasteiger partial charge >= 0.3 is 85.4 Å². The van der Waals surface area contributed by atoms with Crippen molar-refractivity contribution in [3.8, 4) is 0 Å². The van der Waals surface area contributed by atoms with Crippen molar-refractivity contribution >= 4 is 31.1 Å². The molecule has 0 aliphatic rings. The van der Waals surface area contributed by atoms with Crippen LogP contribution in [0.4, 0.5) is 0 Å². The first-order chi connectivity index (χ1) is 5.70. The van der Waals surface area contributed by atoms with Gasteiger partial charge in [-0.1, -0.05) is 0 Å². The Labute approximate surface area is 85.2 Å². The third-order valence-corrected chi connectivity index (χ3v) is 7.11. The molecule has 1 aromatic rings. The second kappa shape index (κ2) is 5.24. The van der Waals surface area contributed by atoms with Crippen LogP contribution in [-0.4, -0.2) is 24.9 Å². The van der Waals surface area contributed by atoms with Crippen LogP contribution in [0.1, 0.15) is 17.4 Å². The maximum atomic E-state index is 9.70. The van der Waals surface area contributed by atoms with Crippen molar-refractivity contribution in [1.29, 1.82) is 0 Å². The summed E-state index contributed by atoms with van der Waals surface area (Å²) in [6.07, 6.45) is 0.790. The topological polar surface area (TPSA) is 20.2 Å². The van der Waals surface area contributed by atoms with Gasteiger partial charge in [-0.2, -0.15) is 0 Å². The molecule has 0 saturated carbocycles. The molecule has 0 aliphatic carbocycles. The van der Waals surface area contributed by atoms with Crippen LogP contribution in [0, 0.1) is 0 Å². The van der Waals surface area contributed by atoms with Gasteiger partial charge in [-0.05, 0) is 0 Å². The molecule has 0 unspecified atom stereocenters. The summed E-state index contributed by atoms with van der Waals surface area (Å²) in [6.45, 7) is 0. The summed E-state index contributed by atoms with van der Waals surface area (Å²) in [4.78, 5) is 5.91. The van der Waals surface area contributed by atoms with E-state index in [4.69, 9.17) is 0 Å². The van der Waals surface area contributed by atoms with E-state index in [-0.39, 0.29) is 6.10 Å². The number of aliphatic hydroxyl groups is 1. The van der Waals surface area contributed by atoms with Crippen LogP contribution in [0.25, 0.3) is 0 Å². The van der Waals surface area contributed by atoms with Crippen molar-refractivity contribution in [2.75, 3.05) is 0 Å². The molecule has 1 nitrogen and oxygen atoms in total. The van der Waals surface area contributed by atoms with Crippen LogP contribution >= 0.6 is 11.3 Å². The van der Waals surface area contributed by atoms with E-state index in [1.807, 2.05) is 17.5 Å². The van der Waals surface area contributed by atoms with Gasteiger partial charge in [0.05, 0.1) is 0 Å². The first-order valence-electron chi connectivity index (χ1n) is 4.41. The van der Waals surface area contributed by atoms with Crippen LogP contribution in [-0.2, 0) is 0 Å². The van der Waals surface area contributed by atoms with Gasteiger partial charge in [0.1, 0.15) is 0 Å². The van der Waals surface area contributed by atoms with Gasteiger partial charge in [0.2, 0.25) is 0 Å². The van der Waals surface area contributed by atoms with Gasteiger partial charge in [-0.25, -0.2) is 0 Å². The summed E-state index contributed by atoms with van der Waals surface area (Å²) in [7, 11) is 0. The quantitative estimate of drug-likeness (QED) is 0.846. The molecule has 0 aromatic carbocycles. The van der Waals surface area contributed by atoms with Gasteiger partial charge in [-0.3, -0.25) is 0 Å². The Bertz CT molecular complexity index is 208. The molecular weight excluding hydrogens is 275 g/mol. The van der Waals surface area contributed by atoms with Gasteiger partial charge in [-0.15, -0.1) is 0 Å². The first-order valence-corrected chi connectivity index (χ1v) is 14.2. The molecule has 0 radical (unpaired) electrons. The summed E-state index contributed by atoms with van der Waals surface area (Å²) in [5.74, 6) is 0. The zero-order valence-corrected chi connectivity index (χ0v) is 11.8. The van der Waals surface area contributed by atoms with E-state index in [0.29, 0.717) is 0 Å². The molecule has 1 aromatic heterocycles. The molecule has 1 heterocycles. The summed E-state index contributed by atoms with van der Waals surface area (Å²) < 4.78 is 1.31. The fourth-order valence-electron chi connectivity index (χ4n) is 1.11. The molecule has 68 valence electrons. The van der Waals surface area contributed by atoms with E-state index in [1.54, 1.807) is 11.3 Å². The standard InChI is InChI=1S/C7H9OS.2CH3.Sn.H/c1-2-6(8)7-4-3-5-9-7;;;;/h3-6,8H,1-2H2;2*1H3;;/t6-;;;;/m1..../s1. The van der Waals surface area contributed by atoms with E-state index >= 15 is 0 Å². The Morgan fingerprint density at radius 2 is 2.33 bits per heavy atom. The molecule has 0 spiro atoms. The van der Waals surface area contributed by atoms with Gasteiger partial charge in [0.15, 0.2) is 0 Å². The third kappa shape index (κ3) is 3.45. The number of hydrogen-bond acceptors (Lipinski definition) is 2. The van der Waals surface area contributed by atoms with Crippen LogP contribution in [0.2, 0.25) is 14.3 Å². The van der Waals surface area contributed by atoms with E-state index in [9.17, 15) is 5.11 Å².